The molecule has 0 spiro atoms. The highest BCUT2D eigenvalue weighted by Gasteiger charge is 2.40. The number of halogens is 7. The van der Waals surface area contributed by atoms with Gasteiger partial charge in [-0.05, 0) is 42.4 Å². The van der Waals surface area contributed by atoms with Gasteiger partial charge in [-0.2, -0.15) is 30.7 Å². The summed E-state index contributed by atoms with van der Waals surface area (Å²) in [5.41, 5.74) is 4.39. The number of alkyl halides is 6. The molecule has 0 bridgehead atoms. The van der Waals surface area contributed by atoms with Crippen molar-refractivity contribution in [2.45, 2.75) is 64.5 Å². The van der Waals surface area contributed by atoms with E-state index in [4.69, 9.17) is 5.73 Å². The van der Waals surface area contributed by atoms with Gasteiger partial charge in [0.15, 0.2) is 11.6 Å². The van der Waals surface area contributed by atoms with Gasteiger partial charge in [-0.3, -0.25) is 4.79 Å². The van der Waals surface area contributed by atoms with E-state index in [0.29, 0.717) is 18.4 Å². The highest BCUT2D eigenvalue weighted by Crippen LogP contribution is 2.40. The highest BCUT2D eigenvalue weighted by atomic mass is 19.4. The fraction of sp³-hybridized carbons (Fsp3) is 0.522. The van der Waals surface area contributed by atoms with Crippen LogP contribution in [0.2, 0.25) is 0 Å². The number of nitrogens with two attached hydrogens (primary N) is 1. The summed E-state index contributed by atoms with van der Waals surface area (Å²) in [6.45, 7) is 5.42. The molecule has 1 aromatic heterocycles. The predicted molar refractivity (Wildman–Crippen MR) is 118 cm³/mol. The van der Waals surface area contributed by atoms with E-state index in [9.17, 15) is 31.1 Å². The third-order valence-electron chi connectivity index (χ3n) is 5.71. The van der Waals surface area contributed by atoms with Crippen molar-refractivity contribution in [3.63, 3.8) is 0 Å². The number of carbonyl (C=O) groups excluding carboxylic acids is 1. The summed E-state index contributed by atoms with van der Waals surface area (Å²) >= 11 is 0. The van der Waals surface area contributed by atoms with Crippen molar-refractivity contribution in [1.29, 1.82) is 0 Å². The molecular weight excluding hydrogens is 495 g/mol. The van der Waals surface area contributed by atoms with Crippen molar-refractivity contribution in [3.05, 3.63) is 47.0 Å². The van der Waals surface area contributed by atoms with Crippen LogP contribution in [0, 0.1) is 11.2 Å². The van der Waals surface area contributed by atoms with Gasteiger partial charge >= 0.3 is 12.4 Å². The minimum Gasteiger partial charge on any atom is -0.368 e. The van der Waals surface area contributed by atoms with Crippen molar-refractivity contribution in [2.24, 2.45) is 11.1 Å². The minimum atomic E-state index is -5.03. The summed E-state index contributed by atoms with van der Waals surface area (Å²) in [4.78, 5) is 19.9. The molecule has 36 heavy (non-hydrogen) atoms. The lowest BCUT2D eigenvalue weighted by molar-refractivity contribution is -0.144. The maximum atomic E-state index is 15.6. The Balaban J connectivity index is 2.04. The average Bonchev–Trinajstić information content (AvgIpc) is 3.22. The largest absolute Gasteiger partial charge is 0.451 e. The van der Waals surface area contributed by atoms with Crippen molar-refractivity contribution in [3.8, 4) is 0 Å². The Morgan fingerprint density at radius 2 is 1.69 bits per heavy atom. The average molecular weight is 521 g/mol. The maximum Gasteiger partial charge on any atom is 0.451 e. The molecule has 3 rings (SSSR count). The molecule has 2 atom stereocenters. The fourth-order valence-electron chi connectivity index (χ4n) is 4.11. The predicted octanol–water partition coefficient (Wildman–Crippen LogP) is 5.70. The third-order valence-corrected chi connectivity index (χ3v) is 5.71. The van der Waals surface area contributed by atoms with E-state index in [-0.39, 0.29) is 13.0 Å². The van der Waals surface area contributed by atoms with Crippen LogP contribution in [0.3, 0.4) is 0 Å². The quantitative estimate of drug-likeness (QED) is 0.477. The Kier molecular flexibility index (Phi) is 7.43. The molecule has 1 aromatic carbocycles. The molecule has 2 aromatic rings. The molecule has 1 aliphatic heterocycles. The van der Waals surface area contributed by atoms with Crippen LogP contribution in [0.1, 0.15) is 63.0 Å². The third kappa shape index (κ3) is 6.35. The molecule has 0 saturated carbocycles. The molecule has 1 saturated heterocycles. The SMILES string of the molecule is CC(C)(C)CC(Nc1nc(C(F)(F)F)nc(N2CCCC2c2ccc(C(F)(F)F)cc2)c1F)C(N)=O. The van der Waals surface area contributed by atoms with Gasteiger partial charge in [0.1, 0.15) is 6.04 Å². The van der Waals surface area contributed by atoms with Gasteiger partial charge < -0.3 is 16.0 Å². The molecule has 13 heteroatoms. The molecule has 3 N–H and O–H groups in total. The van der Waals surface area contributed by atoms with Crippen LogP contribution < -0.4 is 16.0 Å². The molecule has 0 radical (unpaired) electrons. The van der Waals surface area contributed by atoms with Crippen LogP contribution in [0.15, 0.2) is 24.3 Å². The zero-order valence-corrected chi connectivity index (χ0v) is 19.8. The molecule has 1 aliphatic rings. The van der Waals surface area contributed by atoms with E-state index in [0.717, 1.165) is 12.1 Å². The zero-order valence-electron chi connectivity index (χ0n) is 19.8. The van der Waals surface area contributed by atoms with E-state index in [1.165, 1.54) is 17.0 Å². The smallest absolute Gasteiger partial charge is 0.368 e. The van der Waals surface area contributed by atoms with Crippen LogP contribution >= 0.6 is 0 Å². The molecule has 2 heterocycles. The number of primary amides is 1. The lowest BCUT2D eigenvalue weighted by Gasteiger charge is -2.29. The summed E-state index contributed by atoms with van der Waals surface area (Å²) in [5.74, 6) is -5.25. The zero-order chi connectivity index (χ0) is 27.1. The van der Waals surface area contributed by atoms with Crippen molar-refractivity contribution >= 4 is 17.5 Å². The first-order valence-electron chi connectivity index (χ1n) is 11.1. The number of nitrogens with one attached hydrogen (secondary N) is 1. The van der Waals surface area contributed by atoms with Crippen molar-refractivity contribution < 1.29 is 35.5 Å². The summed E-state index contributed by atoms with van der Waals surface area (Å²) in [5, 5.41) is 2.41. The Labute approximate surface area is 203 Å². The monoisotopic (exact) mass is 521 g/mol. The number of hydrogen-bond acceptors (Lipinski definition) is 5. The molecule has 198 valence electrons. The van der Waals surface area contributed by atoms with Crippen LogP contribution in [0.4, 0.5) is 42.4 Å². The first-order chi connectivity index (χ1) is 16.5. The van der Waals surface area contributed by atoms with Gasteiger partial charge in [0.2, 0.25) is 17.5 Å². The van der Waals surface area contributed by atoms with E-state index in [1.54, 1.807) is 20.8 Å². The molecule has 6 nitrogen and oxygen atoms in total. The number of hydrogen-bond donors (Lipinski definition) is 2. The first kappa shape index (κ1) is 27.5. The molecular formula is C23H26F7N5O. The Morgan fingerprint density at radius 3 is 2.19 bits per heavy atom. The van der Waals surface area contributed by atoms with Crippen LogP contribution in [0.5, 0.6) is 0 Å². The number of carbonyl (C=O) groups is 1. The highest BCUT2D eigenvalue weighted by molar-refractivity contribution is 5.83. The normalized spacial score (nSPS) is 17.8. The second kappa shape index (κ2) is 9.74. The number of nitrogens with zero attached hydrogens (tertiary/aromatic N) is 3. The molecule has 0 aliphatic carbocycles. The second-order valence-electron chi connectivity index (χ2n) is 9.87. The molecule has 1 fully saturated rings. The van der Waals surface area contributed by atoms with E-state index < -0.39 is 64.6 Å². The number of rotatable bonds is 6. The van der Waals surface area contributed by atoms with Crippen LogP contribution in [-0.4, -0.2) is 28.5 Å². The maximum absolute atomic E-state index is 15.6. The van der Waals surface area contributed by atoms with E-state index >= 15 is 4.39 Å². The number of benzene rings is 1. The van der Waals surface area contributed by atoms with Gasteiger partial charge in [0.05, 0.1) is 11.6 Å². The van der Waals surface area contributed by atoms with Crippen molar-refractivity contribution in [1.82, 2.24) is 9.97 Å². The van der Waals surface area contributed by atoms with E-state index in [2.05, 4.69) is 15.3 Å². The summed E-state index contributed by atoms with van der Waals surface area (Å²) in [6, 6.07) is 2.21. The lowest BCUT2D eigenvalue weighted by atomic mass is 9.88. The van der Waals surface area contributed by atoms with E-state index in [1.807, 2.05) is 0 Å². The van der Waals surface area contributed by atoms with Crippen LogP contribution in [-0.2, 0) is 17.1 Å². The first-order valence-corrected chi connectivity index (χ1v) is 11.1. The lowest BCUT2D eigenvalue weighted by Crippen LogP contribution is -2.39. The topological polar surface area (TPSA) is 84.1 Å². The van der Waals surface area contributed by atoms with Crippen LogP contribution in [0.25, 0.3) is 0 Å². The fourth-order valence-corrected chi connectivity index (χ4v) is 4.11. The number of anilines is 2. The summed E-state index contributed by atoms with van der Waals surface area (Å²) < 4.78 is 95.2. The van der Waals surface area contributed by atoms with Gasteiger partial charge in [0, 0.05) is 6.54 Å². The van der Waals surface area contributed by atoms with Gasteiger partial charge in [-0.25, -0.2) is 9.97 Å². The Morgan fingerprint density at radius 1 is 1.08 bits per heavy atom. The second-order valence-corrected chi connectivity index (χ2v) is 9.87. The van der Waals surface area contributed by atoms with Gasteiger partial charge in [0.25, 0.3) is 0 Å². The Hall–Kier alpha value is -3.12. The molecule has 2 unspecified atom stereocenters. The minimum absolute atomic E-state index is 0.0837. The summed E-state index contributed by atoms with van der Waals surface area (Å²) in [7, 11) is 0. The van der Waals surface area contributed by atoms with Crippen molar-refractivity contribution in [2.75, 3.05) is 16.8 Å². The summed E-state index contributed by atoms with van der Waals surface area (Å²) in [6.07, 6.45) is -8.71. The standard InChI is InChI=1S/C23H26F7N5O/c1-21(2,3)11-14(17(31)36)32-18-16(24)19(34-20(33-18)23(28,29)30)35-10-4-5-15(35)12-6-8-13(9-7-12)22(25,26)27/h6-9,14-15H,4-5,10-11H2,1-3H3,(H2,31,36)(H,32,33,34). The van der Waals surface area contributed by atoms with Gasteiger partial charge in [-0.15, -0.1) is 0 Å². The number of amides is 1. The van der Waals surface area contributed by atoms with Gasteiger partial charge in [-0.1, -0.05) is 32.9 Å². The molecule has 1 amide bonds. The Bertz CT molecular complexity index is 1090. The number of aromatic nitrogens is 2.